The van der Waals surface area contributed by atoms with Crippen LogP contribution in [0.4, 0.5) is 0 Å². The molecule has 1 unspecified atom stereocenters. The third-order valence-corrected chi connectivity index (χ3v) is 5.67. The van der Waals surface area contributed by atoms with Crippen LogP contribution in [0.3, 0.4) is 0 Å². The topological polar surface area (TPSA) is 52.6 Å². The number of aromatic nitrogens is 1. The molecule has 1 atom stereocenters. The number of nitrogens with zero attached hydrogens (tertiary/aromatic N) is 3. The summed E-state index contributed by atoms with van der Waals surface area (Å²) in [5.74, 6) is 0.836. The number of guanidine groups is 1. The molecule has 0 saturated carbocycles. The van der Waals surface area contributed by atoms with Gasteiger partial charge in [-0.2, -0.15) is 0 Å². The lowest BCUT2D eigenvalue weighted by molar-refractivity contribution is 0.249. The molecule has 3 heterocycles. The van der Waals surface area contributed by atoms with E-state index in [4.69, 9.17) is 11.6 Å². The number of likely N-dealkylation sites (tertiary alicyclic amines) is 1. The fourth-order valence-corrected chi connectivity index (χ4v) is 4.12. The number of hydrogen-bond donors (Lipinski definition) is 2. The van der Waals surface area contributed by atoms with Gasteiger partial charge in [0, 0.05) is 24.2 Å². The van der Waals surface area contributed by atoms with E-state index in [1.54, 1.807) is 12.3 Å². The monoisotopic (exact) mass is 391 g/mol. The molecule has 7 heteroatoms. The highest BCUT2D eigenvalue weighted by atomic mass is 35.5. The van der Waals surface area contributed by atoms with Crippen LogP contribution in [0.2, 0.25) is 5.15 Å². The Morgan fingerprint density at radius 3 is 2.81 bits per heavy atom. The fourth-order valence-electron chi connectivity index (χ4n) is 3.15. The molecule has 0 aromatic carbocycles. The highest BCUT2D eigenvalue weighted by molar-refractivity contribution is 7.10. The SMILES string of the molecule is CCNC(=NCc1ccc(Cl)nc1)NCC(c1cccs1)N1CCCC1. The summed E-state index contributed by atoms with van der Waals surface area (Å²) >= 11 is 7.68. The fraction of sp³-hybridized carbons (Fsp3) is 0.474. The Hall–Kier alpha value is -1.63. The standard InChI is InChI=1S/C19H26ClN5S/c1-2-21-19(23-13-15-7-8-18(20)22-12-15)24-14-16(17-6-5-11-26-17)25-9-3-4-10-25/h5-8,11-12,16H,2-4,9-10,13-14H2,1H3,(H2,21,23,24). The Kier molecular flexibility index (Phi) is 7.29. The molecule has 2 aromatic heterocycles. The van der Waals surface area contributed by atoms with Gasteiger partial charge < -0.3 is 10.6 Å². The summed E-state index contributed by atoms with van der Waals surface area (Å²) in [5.41, 5.74) is 1.04. The molecular formula is C19H26ClN5S. The summed E-state index contributed by atoms with van der Waals surface area (Å²) in [6, 6.07) is 8.53. The van der Waals surface area contributed by atoms with Crippen molar-refractivity contribution in [1.29, 1.82) is 0 Å². The second-order valence-electron chi connectivity index (χ2n) is 6.34. The van der Waals surface area contributed by atoms with Gasteiger partial charge in [0.05, 0.1) is 12.6 Å². The number of hydrogen-bond acceptors (Lipinski definition) is 4. The second kappa shape index (κ2) is 9.90. The molecule has 0 spiro atoms. The predicted octanol–water partition coefficient (Wildman–Crippen LogP) is 3.69. The summed E-state index contributed by atoms with van der Waals surface area (Å²) in [6.45, 7) is 6.69. The minimum absolute atomic E-state index is 0.401. The average molecular weight is 392 g/mol. The van der Waals surface area contributed by atoms with Gasteiger partial charge in [-0.25, -0.2) is 9.98 Å². The van der Waals surface area contributed by atoms with E-state index in [1.807, 2.05) is 17.4 Å². The van der Waals surface area contributed by atoms with E-state index in [9.17, 15) is 0 Å². The van der Waals surface area contributed by atoms with Gasteiger partial charge in [0.2, 0.25) is 0 Å². The summed E-state index contributed by atoms with van der Waals surface area (Å²) in [6.07, 6.45) is 4.35. The van der Waals surface area contributed by atoms with E-state index in [0.717, 1.165) is 24.6 Å². The van der Waals surface area contributed by atoms with E-state index in [2.05, 4.69) is 49.9 Å². The molecule has 0 amide bonds. The van der Waals surface area contributed by atoms with Gasteiger partial charge in [-0.05, 0) is 55.9 Å². The Labute approximate surface area is 164 Å². The van der Waals surface area contributed by atoms with Gasteiger partial charge in [-0.3, -0.25) is 4.90 Å². The Morgan fingerprint density at radius 1 is 1.31 bits per heavy atom. The summed E-state index contributed by atoms with van der Waals surface area (Å²) in [7, 11) is 0. The molecule has 140 valence electrons. The summed E-state index contributed by atoms with van der Waals surface area (Å²) < 4.78 is 0. The van der Waals surface area contributed by atoms with Crippen LogP contribution in [-0.2, 0) is 6.54 Å². The third kappa shape index (κ3) is 5.43. The Balaban J connectivity index is 1.63. The lowest BCUT2D eigenvalue weighted by atomic mass is 10.2. The van der Waals surface area contributed by atoms with E-state index < -0.39 is 0 Å². The van der Waals surface area contributed by atoms with E-state index in [0.29, 0.717) is 17.7 Å². The molecule has 0 radical (unpaired) electrons. The lowest BCUT2D eigenvalue weighted by Gasteiger charge is -2.27. The molecule has 0 aliphatic carbocycles. The maximum absolute atomic E-state index is 5.84. The van der Waals surface area contributed by atoms with Crippen LogP contribution < -0.4 is 10.6 Å². The Bertz CT molecular complexity index is 680. The van der Waals surface area contributed by atoms with Gasteiger partial charge >= 0.3 is 0 Å². The van der Waals surface area contributed by atoms with Crippen molar-refractivity contribution in [2.75, 3.05) is 26.2 Å². The van der Waals surface area contributed by atoms with E-state index in [1.165, 1.54) is 30.8 Å². The number of rotatable bonds is 7. The van der Waals surface area contributed by atoms with Crippen molar-refractivity contribution in [2.45, 2.75) is 32.4 Å². The second-order valence-corrected chi connectivity index (χ2v) is 7.71. The number of thiophene rings is 1. The number of nitrogens with one attached hydrogen (secondary N) is 2. The first-order valence-electron chi connectivity index (χ1n) is 9.16. The van der Waals surface area contributed by atoms with Crippen molar-refractivity contribution in [3.05, 3.63) is 51.4 Å². The minimum atomic E-state index is 0.401. The van der Waals surface area contributed by atoms with Gasteiger partial charge in [-0.1, -0.05) is 23.7 Å². The van der Waals surface area contributed by atoms with Crippen molar-refractivity contribution in [3.63, 3.8) is 0 Å². The molecule has 2 N–H and O–H groups in total. The summed E-state index contributed by atoms with van der Waals surface area (Å²) in [4.78, 5) is 12.8. The number of halogens is 1. The molecule has 0 bridgehead atoms. The zero-order chi connectivity index (χ0) is 18.2. The zero-order valence-corrected chi connectivity index (χ0v) is 16.7. The smallest absolute Gasteiger partial charge is 0.191 e. The highest BCUT2D eigenvalue weighted by Crippen LogP contribution is 2.27. The van der Waals surface area contributed by atoms with Crippen molar-refractivity contribution >= 4 is 28.9 Å². The molecule has 1 fully saturated rings. The predicted molar refractivity (Wildman–Crippen MR) is 110 cm³/mol. The zero-order valence-electron chi connectivity index (χ0n) is 15.1. The normalized spacial score (nSPS) is 16.6. The lowest BCUT2D eigenvalue weighted by Crippen LogP contribution is -2.42. The van der Waals surface area contributed by atoms with Crippen molar-refractivity contribution < 1.29 is 0 Å². The first-order valence-corrected chi connectivity index (χ1v) is 10.4. The molecule has 1 saturated heterocycles. The van der Waals surface area contributed by atoms with Crippen molar-refractivity contribution in [1.82, 2.24) is 20.5 Å². The molecule has 1 aliphatic rings. The first-order chi connectivity index (χ1) is 12.8. The first kappa shape index (κ1) is 19.1. The minimum Gasteiger partial charge on any atom is -0.357 e. The van der Waals surface area contributed by atoms with Gasteiger partial charge in [0.25, 0.3) is 0 Å². The molecule has 26 heavy (non-hydrogen) atoms. The molecular weight excluding hydrogens is 366 g/mol. The van der Waals surface area contributed by atoms with Crippen LogP contribution in [-0.4, -0.2) is 42.0 Å². The van der Waals surface area contributed by atoms with Gasteiger partial charge in [0.1, 0.15) is 5.15 Å². The third-order valence-electron chi connectivity index (χ3n) is 4.47. The highest BCUT2D eigenvalue weighted by Gasteiger charge is 2.24. The Morgan fingerprint density at radius 2 is 2.15 bits per heavy atom. The van der Waals surface area contributed by atoms with Gasteiger partial charge in [-0.15, -0.1) is 11.3 Å². The largest absolute Gasteiger partial charge is 0.357 e. The van der Waals surface area contributed by atoms with Crippen LogP contribution in [0.25, 0.3) is 0 Å². The van der Waals surface area contributed by atoms with E-state index in [-0.39, 0.29) is 0 Å². The summed E-state index contributed by atoms with van der Waals surface area (Å²) in [5, 5.41) is 9.52. The van der Waals surface area contributed by atoms with Crippen LogP contribution in [0, 0.1) is 0 Å². The van der Waals surface area contributed by atoms with E-state index >= 15 is 0 Å². The van der Waals surface area contributed by atoms with Gasteiger partial charge in [0.15, 0.2) is 5.96 Å². The molecule has 2 aromatic rings. The molecule has 1 aliphatic heterocycles. The van der Waals surface area contributed by atoms with Crippen LogP contribution in [0.1, 0.15) is 36.2 Å². The molecule has 5 nitrogen and oxygen atoms in total. The van der Waals surface area contributed by atoms with Crippen LogP contribution in [0.15, 0.2) is 40.8 Å². The number of aliphatic imine (C=N–C) groups is 1. The van der Waals surface area contributed by atoms with Crippen LogP contribution >= 0.6 is 22.9 Å². The quantitative estimate of drug-likeness (QED) is 0.429. The average Bonchev–Trinajstić information content (AvgIpc) is 3.35. The van der Waals surface area contributed by atoms with Crippen molar-refractivity contribution in [3.8, 4) is 0 Å². The maximum Gasteiger partial charge on any atom is 0.191 e. The van der Waals surface area contributed by atoms with Crippen molar-refractivity contribution in [2.24, 2.45) is 4.99 Å². The molecule has 3 rings (SSSR count). The number of pyridine rings is 1. The van der Waals surface area contributed by atoms with Crippen LogP contribution in [0.5, 0.6) is 0 Å². The maximum atomic E-state index is 5.84.